The zero-order valence-electron chi connectivity index (χ0n) is 13.4. The molecule has 6 heteroatoms. The summed E-state index contributed by atoms with van der Waals surface area (Å²) >= 11 is 0. The molecule has 0 unspecified atom stereocenters. The van der Waals surface area contributed by atoms with Gasteiger partial charge in [-0.25, -0.2) is 9.97 Å². The molecule has 6 nitrogen and oxygen atoms in total. The SMILES string of the molecule is COc1ccc2nc(Cc3ccc4c(c3)ncn4C)[nH]c(=O)c2c1. The lowest BCUT2D eigenvalue weighted by atomic mass is 10.1. The lowest BCUT2D eigenvalue weighted by Gasteiger charge is -2.05. The first-order valence-electron chi connectivity index (χ1n) is 7.61. The van der Waals surface area contributed by atoms with Crippen LogP contribution in [0, 0.1) is 0 Å². The summed E-state index contributed by atoms with van der Waals surface area (Å²) in [6.07, 6.45) is 2.34. The molecule has 1 N–H and O–H groups in total. The average molecular weight is 320 g/mol. The number of imidazole rings is 1. The highest BCUT2D eigenvalue weighted by molar-refractivity contribution is 5.79. The maximum Gasteiger partial charge on any atom is 0.258 e. The molecule has 2 aromatic heterocycles. The minimum Gasteiger partial charge on any atom is -0.497 e. The summed E-state index contributed by atoms with van der Waals surface area (Å²) in [5, 5.41) is 0.526. The van der Waals surface area contributed by atoms with Gasteiger partial charge in [-0.1, -0.05) is 6.07 Å². The second-order valence-electron chi connectivity index (χ2n) is 5.75. The normalized spacial score (nSPS) is 11.2. The van der Waals surface area contributed by atoms with Gasteiger partial charge in [-0.05, 0) is 35.9 Å². The predicted molar refractivity (Wildman–Crippen MR) is 92.4 cm³/mol. The minimum absolute atomic E-state index is 0.159. The predicted octanol–water partition coefficient (Wildman–Crippen LogP) is 2.41. The van der Waals surface area contributed by atoms with E-state index in [-0.39, 0.29) is 5.56 Å². The van der Waals surface area contributed by atoms with Crippen LogP contribution in [0.25, 0.3) is 21.9 Å². The Kier molecular flexibility index (Phi) is 3.30. The molecule has 0 atom stereocenters. The van der Waals surface area contributed by atoms with E-state index < -0.39 is 0 Å². The lowest BCUT2D eigenvalue weighted by molar-refractivity contribution is 0.415. The van der Waals surface area contributed by atoms with E-state index in [4.69, 9.17) is 4.74 Å². The van der Waals surface area contributed by atoms with E-state index in [1.54, 1.807) is 31.6 Å². The van der Waals surface area contributed by atoms with E-state index in [0.29, 0.717) is 28.9 Å². The van der Waals surface area contributed by atoms with E-state index in [9.17, 15) is 4.79 Å². The number of nitrogens with zero attached hydrogens (tertiary/aromatic N) is 3. The fourth-order valence-corrected chi connectivity index (χ4v) is 2.86. The van der Waals surface area contributed by atoms with Crippen molar-refractivity contribution in [1.82, 2.24) is 19.5 Å². The Morgan fingerprint density at radius 3 is 2.88 bits per heavy atom. The average Bonchev–Trinajstić information content (AvgIpc) is 2.95. The molecule has 0 spiro atoms. The second kappa shape index (κ2) is 5.49. The maximum atomic E-state index is 12.3. The molecule has 0 aliphatic rings. The van der Waals surface area contributed by atoms with Gasteiger partial charge in [0.15, 0.2) is 0 Å². The maximum absolute atomic E-state index is 12.3. The number of hydrogen-bond acceptors (Lipinski definition) is 4. The largest absolute Gasteiger partial charge is 0.497 e. The monoisotopic (exact) mass is 320 g/mol. The van der Waals surface area contributed by atoms with Crippen LogP contribution in [0.2, 0.25) is 0 Å². The van der Waals surface area contributed by atoms with Crippen molar-refractivity contribution in [2.24, 2.45) is 7.05 Å². The Balaban J connectivity index is 1.74. The van der Waals surface area contributed by atoms with Gasteiger partial charge in [-0.3, -0.25) is 4.79 Å². The van der Waals surface area contributed by atoms with E-state index in [2.05, 4.69) is 15.0 Å². The van der Waals surface area contributed by atoms with Crippen molar-refractivity contribution in [2.75, 3.05) is 7.11 Å². The molecule has 120 valence electrons. The molecule has 0 saturated carbocycles. The number of aromatic nitrogens is 4. The van der Waals surface area contributed by atoms with Crippen molar-refractivity contribution in [1.29, 1.82) is 0 Å². The molecular weight excluding hydrogens is 304 g/mol. The molecular formula is C18H16N4O2. The molecule has 0 bridgehead atoms. The number of ether oxygens (including phenoxy) is 1. The third-order valence-electron chi connectivity index (χ3n) is 4.12. The quantitative estimate of drug-likeness (QED) is 0.629. The van der Waals surface area contributed by atoms with Gasteiger partial charge in [0.2, 0.25) is 0 Å². The van der Waals surface area contributed by atoms with Gasteiger partial charge in [-0.15, -0.1) is 0 Å². The van der Waals surface area contributed by atoms with Gasteiger partial charge >= 0.3 is 0 Å². The Bertz CT molecular complexity index is 1110. The zero-order valence-corrected chi connectivity index (χ0v) is 13.4. The first kappa shape index (κ1) is 14.4. The number of methoxy groups -OCH3 is 1. The van der Waals surface area contributed by atoms with Crippen molar-refractivity contribution >= 4 is 21.9 Å². The van der Waals surface area contributed by atoms with Gasteiger partial charge < -0.3 is 14.3 Å². The van der Waals surface area contributed by atoms with Crippen LogP contribution in [0.1, 0.15) is 11.4 Å². The van der Waals surface area contributed by atoms with Crippen LogP contribution in [0.15, 0.2) is 47.5 Å². The van der Waals surface area contributed by atoms with Crippen LogP contribution >= 0.6 is 0 Å². The third kappa shape index (κ3) is 2.42. The first-order chi connectivity index (χ1) is 11.6. The second-order valence-corrected chi connectivity index (χ2v) is 5.75. The van der Waals surface area contributed by atoms with Crippen molar-refractivity contribution in [3.05, 3.63) is 64.5 Å². The number of nitrogens with one attached hydrogen (secondary N) is 1. The highest BCUT2D eigenvalue weighted by Gasteiger charge is 2.07. The first-order valence-corrected chi connectivity index (χ1v) is 7.61. The molecule has 4 aromatic rings. The molecule has 0 saturated heterocycles. The van der Waals surface area contributed by atoms with Gasteiger partial charge in [0.05, 0.1) is 35.4 Å². The Morgan fingerprint density at radius 2 is 2.04 bits per heavy atom. The van der Waals surface area contributed by atoms with Crippen LogP contribution in [0.5, 0.6) is 5.75 Å². The molecule has 24 heavy (non-hydrogen) atoms. The van der Waals surface area contributed by atoms with Gasteiger partial charge in [-0.2, -0.15) is 0 Å². The zero-order chi connectivity index (χ0) is 16.7. The standard InChI is InChI=1S/C18H16N4O2/c1-22-10-19-15-7-11(3-6-16(15)22)8-17-20-14-5-4-12(24-2)9-13(14)18(23)21-17/h3-7,9-10H,8H2,1-2H3,(H,20,21,23). The van der Waals surface area contributed by atoms with Crippen LogP contribution in [0.4, 0.5) is 0 Å². The van der Waals surface area contributed by atoms with Gasteiger partial charge in [0, 0.05) is 13.5 Å². The number of H-pyrrole nitrogens is 1. The van der Waals surface area contributed by atoms with Crippen molar-refractivity contribution in [3.63, 3.8) is 0 Å². The van der Waals surface area contributed by atoms with Crippen molar-refractivity contribution < 1.29 is 4.74 Å². The van der Waals surface area contributed by atoms with Crippen LogP contribution < -0.4 is 10.3 Å². The third-order valence-corrected chi connectivity index (χ3v) is 4.12. The number of hydrogen-bond donors (Lipinski definition) is 1. The van der Waals surface area contributed by atoms with Gasteiger partial charge in [0.25, 0.3) is 5.56 Å². The van der Waals surface area contributed by atoms with E-state index in [1.165, 1.54) is 0 Å². The number of benzene rings is 2. The van der Waals surface area contributed by atoms with Gasteiger partial charge in [0.1, 0.15) is 11.6 Å². The summed E-state index contributed by atoms with van der Waals surface area (Å²) in [5.74, 6) is 1.27. The summed E-state index contributed by atoms with van der Waals surface area (Å²) in [5.41, 5.74) is 3.56. The highest BCUT2D eigenvalue weighted by atomic mass is 16.5. The Hall–Kier alpha value is -3.15. The fourth-order valence-electron chi connectivity index (χ4n) is 2.86. The summed E-state index contributed by atoms with van der Waals surface area (Å²) in [7, 11) is 3.54. The topological polar surface area (TPSA) is 72.8 Å². The molecule has 0 amide bonds. The van der Waals surface area contributed by atoms with Crippen LogP contribution in [0.3, 0.4) is 0 Å². The van der Waals surface area contributed by atoms with E-state index in [0.717, 1.165) is 16.6 Å². The molecule has 4 rings (SSSR count). The minimum atomic E-state index is -0.159. The number of aryl methyl sites for hydroxylation is 1. The Morgan fingerprint density at radius 1 is 1.17 bits per heavy atom. The van der Waals surface area contributed by atoms with E-state index in [1.807, 2.05) is 29.8 Å². The smallest absolute Gasteiger partial charge is 0.258 e. The summed E-state index contributed by atoms with van der Waals surface area (Å²) in [4.78, 5) is 24.1. The number of aromatic amines is 1. The molecule has 0 radical (unpaired) electrons. The molecule has 0 aliphatic carbocycles. The molecule has 0 fully saturated rings. The summed E-state index contributed by atoms with van der Waals surface area (Å²) < 4.78 is 7.13. The lowest BCUT2D eigenvalue weighted by Crippen LogP contribution is -2.12. The van der Waals surface area contributed by atoms with Crippen LogP contribution in [-0.4, -0.2) is 26.6 Å². The number of fused-ring (bicyclic) bond motifs is 2. The van der Waals surface area contributed by atoms with E-state index >= 15 is 0 Å². The Labute approximate surface area is 137 Å². The highest BCUT2D eigenvalue weighted by Crippen LogP contribution is 2.18. The fraction of sp³-hybridized carbons (Fsp3) is 0.167. The molecule has 2 aromatic carbocycles. The summed E-state index contributed by atoms with van der Waals surface area (Å²) in [6, 6.07) is 11.4. The van der Waals surface area contributed by atoms with Crippen LogP contribution in [-0.2, 0) is 13.5 Å². The summed E-state index contributed by atoms with van der Waals surface area (Å²) in [6.45, 7) is 0. The molecule has 0 aliphatic heterocycles. The van der Waals surface area contributed by atoms with Crippen molar-refractivity contribution in [2.45, 2.75) is 6.42 Å². The molecule has 2 heterocycles. The number of rotatable bonds is 3. The van der Waals surface area contributed by atoms with Crippen molar-refractivity contribution in [3.8, 4) is 5.75 Å².